The molecule has 0 heterocycles. The van der Waals surface area contributed by atoms with Crippen LogP contribution in [0.15, 0.2) is 42.5 Å². The zero-order valence-electron chi connectivity index (χ0n) is 12.3. The third kappa shape index (κ3) is 2.91. The first-order chi connectivity index (χ1) is 10.1. The highest BCUT2D eigenvalue weighted by Gasteiger charge is 2.20. The van der Waals surface area contributed by atoms with Crippen LogP contribution < -0.4 is 20.1 Å². The Labute approximate surface area is 123 Å². The third-order valence-corrected chi connectivity index (χ3v) is 3.21. The molecule has 2 aromatic carbocycles. The number of benzene rings is 2. The summed E-state index contributed by atoms with van der Waals surface area (Å²) >= 11 is 0. The number of anilines is 2. The first kappa shape index (κ1) is 14.7. The summed E-state index contributed by atoms with van der Waals surface area (Å²) in [5.41, 5.74) is 7.38. The zero-order chi connectivity index (χ0) is 15.4. The van der Waals surface area contributed by atoms with Crippen LogP contribution in [0.5, 0.6) is 11.5 Å². The summed E-state index contributed by atoms with van der Waals surface area (Å²) in [6.07, 6.45) is 0. The molecular formula is C16H18N2O3. The largest absolute Gasteiger partial charge is 0.496 e. The first-order valence-corrected chi connectivity index (χ1v) is 6.43. The Morgan fingerprint density at radius 3 is 2.38 bits per heavy atom. The lowest BCUT2D eigenvalue weighted by Crippen LogP contribution is -2.27. The summed E-state index contributed by atoms with van der Waals surface area (Å²) in [6, 6.07) is 12.3. The molecule has 0 unspecified atom stereocenters. The van der Waals surface area contributed by atoms with Crippen molar-refractivity contribution >= 4 is 17.3 Å². The van der Waals surface area contributed by atoms with Gasteiger partial charge in [-0.3, -0.25) is 4.79 Å². The SMILES string of the molecule is COc1cc(N)ccc1C(=O)N(C)c1ccccc1OC. The number of nitrogens with two attached hydrogens (primary N) is 1. The second-order valence-electron chi connectivity index (χ2n) is 4.50. The minimum Gasteiger partial charge on any atom is -0.496 e. The van der Waals surface area contributed by atoms with Crippen LogP contribution in [0.2, 0.25) is 0 Å². The molecule has 2 aromatic rings. The fourth-order valence-electron chi connectivity index (χ4n) is 2.08. The van der Waals surface area contributed by atoms with E-state index in [-0.39, 0.29) is 5.91 Å². The van der Waals surface area contributed by atoms with Gasteiger partial charge in [-0.05, 0) is 24.3 Å². The van der Waals surface area contributed by atoms with Gasteiger partial charge in [0, 0.05) is 18.8 Å². The molecule has 0 radical (unpaired) electrons. The van der Waals surface area contributed by atoms with Gasteiger partial charge in [-0.1, -0.05) is 12.1 Å². The molecule has 21 heavy (non-hydrogen) atoms. The van der Waals surface area contributed by atoms with E-state index < -0.39 is 0 Å². The molecule has 0 aliphatic heterocycles. The van der Waals surface area contributed by atoms with Gasteiger partial charge in [-0.25, -0.2) is 0 Å². The second-order valence-corrected chi connectivity index (χ2v) is 4.50. The highest BCUT2D eigenvalue weighted by atomic mass is 16.5. The van der Waals surface area contributed by atoms with Crippen LogP contribution in [0.25, 0.3) is 0 Å². The van der Waals surface area contributed by atoms with Gasteiger partial charge in [0.2, 0.25) is 0 Å². The van der Waals surface area contributed by atoms with Crippen LogP contribution in [-0.4, -0.2) is 27.2 Å². The monoisotopic (exact) mass is 286 g/mol. The molecule has 0 bridgehead atoms. The number of amides is 1. The van der Waals surface area contributed by atoms with E-state index in [4.69, 9.17) is 15.2 Å². The van der Waals surface area contributed by atoms with Crippen LogP contribution in [0.1, 0.15) is 10.4 Å². The molecule has 5 nitrogen and oxygen atoms in total. The normalized spacial score (nSPS) is 10.0. The predicted octanol–water partition coefficient (Wildman–Crippen LogP) is 2.56. The van der Waals surface area contributed by atoms with Crippen LogP contribution in [0.3, 0.4) is 0 Å². The van der Waals surface area contributed by atoms with Crippen molar-refractivity contribution in [1.82, 2.24) is 0 Å². The van der Waals surface area contributed by atoms with E-state index in [1.54, 1.807) is 38.4 Å². The maximum atomic E-state index is 12.7. The molecule has 0 aliphatic rings. The molecule has 0 saturated heterocycles. The van der Waals surface area contributed by atoms with Crippen molar-refractivity contribution in [2.24, 2.45) is 0 Å². The number of carbonyl (C=O) groups is 1. The van der Waals surface area contributed by atoms with Crippen molar-refractivity contribution in [2.75, 3.05) is 31.9 Å². The highest BCUT2D eigenvalue weighted by molar-refractivity contribution is 6.08. The van der Waals surface area contributed by atoms with Gasteiger partial charge >= 0.3 is 0 Å². The molecule has 0 saturated carbocycles. The number of hydrogen-bond acceptors (Lipinski definition) is 4. The van der Waals surface area contributed by atoms with Crippen LogP contribution in [0, 0.1) is 0 Å². The predicted molar refractivity (Wildman–Crippen MR) is 83.1 cm³/mol. The van der Waals surface area contributed by atoms with Crippen molar-refractivity contribution in [2.45, 2.75) is 0 Å². The minimum atomic E-state index is -0.198. The lowest BCUT2D eigenvalue weighted by atomic mass is 10.1. The number of para-hydroxylation sites is 2. The van der Waals surface area contributed by atoms with Crippen molar-refractivity contribution in [3.63, 3.8) is 0 Å². The summed E-state index contributed by atoms with van der Waals surface area (Å²) < 4.78 is 10.5. The number of nitrogen functional groups attached to an aromatic ring is 1. The standard InChI is InChI=1S/C16H18N2O3/c1-18(13-6-4-5-7-14(13)20-2)16(19)12-9-8-11(17)10-15(12)21-3/h4-10H,17H2,1-3H3. The van der Waals surface area contributed by atoms with Gasteiger partial charge in [-0.2, -0.15) is 0 Å². The maximum Gasteiger partial charge on any atom is 0.261 e. The number of rotatable bonds is 4. The van der Waals surface area contributed by atoms with Crippen LogP contribution >= 0.6 is 0 Å². The van der Waals surface area contributed by atoms with E-state index in [9.17, 15) is 4.79 Å². The number of carbonyl (C=O) groups excluding carboxylic acids is 1. The smallest absolute Gasteiger partial charge is 0.261 e. The van der Waals surface area contributed by atoms with E-state index >= 15 is 0 Å². The second kappa shape index (κ2) is 6.17. The quantitative estimate of drug-likeness (QED) is 0.877. The summed E-state index contributed by atoms with van der Waals surface area (Å²) in [5.74, 6) is 0.876. The van der Waals surface area contributed by atoms with Crippen molar-refractivity contribution in [1.29, 1.82) is 0 Å². The first-order valence-electron chi connectivity index (χ1n) is 6.43. The molecule has 5 heteroatoms. The number of hydrogen-bond donors (Lipinski definition) is 1. The van der Waals surface area contributed by atoms with Gasteiger partial charge < -0.3 is 20.1 Å². The molecular weight excluding hydrogens is 268 g/mol. The molecule has 0 aliphatic carbocycles. The number of methoxy groups -OCH3 is 2. The Kier molecular flexibility index (Phi) is 4.33. The molecule has 2 rings (SSSR count). The lowest BCUT2D eigenvalue weighted by Gasteiger charge is -2.21. The number of nitrogens with zero attached hydrogens (tertiary/aromatic N) is 1. The summed E-state index contributed by atoms with van der Waals surface area (Å²) in [4.78, 5) is 14.2. The van der Waals surface area contributed by atoms with Gasteiger partial charge in [0.25, 0.3) is 5.91 Å². The Hall–Kier alpha value is -2.69. The van der Waals surface area contributed by atoms with E-state index in [1.807, 2.05) is 18.2 Å². The fraction of sp³-hybridized carbons (Fsp3) is 0.188. The van der Waals surface area contributed by atoms with E-state index in [1.165, 1.54) is 12.0 Å². The third-order valence-electron chi connectivity index (χ3n) is 3.21. The highest BCUT2D eigenvalue weighted by Crippen LogP contribution is 2.30. The summed E-state index contributed by atoms with van der Waals surface area (Å²) in [7, 11) is 4.77. The zero-order valence-corrected chi connectivity index (χ0v) is 12.3. The molecule has 0 fully saturated rings. The van der Waals surface area contributed by atoms with E-state index in [2.05, 4.69) is 0 Å². The summed E-state index contributed by atoms with van der Waals surface area (Å²) in [6.45, 7) is 0. The van der Waals surface area contributed by atoms with Crippen molar-refractivity contribution in [3.05, 3.63) is 48.0 Å². The van der Waals surface area contributed by atoms with E-state index in [0.29, 0.717) is 28.4 Å². The van der Waals surface area contributed by atoms with Crippen molar-refractivity contribution in [3.8, 4) is 11.5 Å². The molecule has 110 valence electrons. The van der Waals surface area contributed by atoms with Crippen LogP contribution in [-0.2, 0) is 0 Å². The average molecular weight is 286 g/mol. The molecule has 0 atom stereocenters. The fourth-order valence-corrected chi connectivity index (χ4v) is 2.08. The van der Waals surface area contributed by atoms with E-state index in [0.717, 1.165) is 0 Å². The Morgan fingerprint density at radius 2 is 1.71 bits per heavy atom. The Balaban J connectivity index is 2.40. The average Bonchev–Trinajstić information content (AvgIpc) is 2.53. The molecule has 0 spiro atoms. The number of ether oxygens (including phenoxy) is 2. The Bertz CT molecular complexity index is 656. The van der Waals surface area contributed by atoms with Gasteiger partial charge in [-0.15, -0.1) is 0 Å². The molecule has 2 N–H and O–H groups in total. The van der Waals surface area contributed by atoms with Gasteiger partial charge in [0.1, 0.15) is 11.5 Å². The topological polar surface area (TPSA) is 64.8 Å². The van der Waals surface area contributed by atoms with Crippen molar-refractivity contribution < 1.29 is 14.3 Å². The molecule has 0 aromatic heterocycles. The van der Waals surface area contributed by atoms with Gasteiger partial charge in [0.05, 0.1) is 25.5 Å². The van der Waals surface area contributed by atoms with Gasteiger partial charge in [0.15, 0.2) is 0 Å². The summed E-state index contributed by atoms with van der Waals surface area (Å²) in [5, 5.41) is 0. The maximum absolute atomic E-state index is 12.7. The Morgan fingerprint density at radius 1 is 1.05 bits per heavy atom. The molecule has 1 amide bonds. The minimum absolute atomic E-state index is 0.198. The van der Waals surface area contributed by atoms with Crippen LogP contribution in [0.4, 0.5) is 11.4 Å². The lowest BCUT2D eigenvalue weighted by molar-refractivity contribution is 0.0989.